The van der Waals surface area contributed by atoms with Crippen LogP contribution < -0.4 is 5.32 Å². The lowest BCUT2D eigenvalue weighted by Crippen LogP contribution is -2.24. The van der Waals surface area contributed by atoms with E-state index in [9.17, 15) is 22.0 Å². The van der Waals surface area contributed by atoms with E-state index in [2.05, 4.69) is 5.32 Å². The van der Waals surface area contributed by atoms with E-state index in [-0.39, 0.29) is 9.79 Å². The third-order valence-electron chi connectivity index (χ3n) is 3.81. The summed E-state index contributed by atoms with van der Waals surface area (Å²) in [5.74, 6) is -1.86. The molecule has 0 aliphatic rings. The van der Waals surface area contributed by atoms with Gasteiger partial charge in [-0.1, -0.05) is 6.07 Å². The fraction of sp³-hybridized carbons (Fsp3) is 0.278. The van der Waals surface area contributed by atoms with Gasteiger partial charge in [0.15, 0.2) is 0 Å². The Bertz CT molecular complexity index is 963. The zero-order chi connectivity index (χ0) is 20.4. The molecule has 1 N–H and O–H groups in total. The summed E-state index contributed by atoms with van der Waals surface area (Å²) >= 11 is 0.947. The number of benzene rings is 2. The number of halogens is 2. The number of rotatable bonds is 6. The molecule has 0 bridgehead atoms. The summed E-state index contributed by atoms with van der Waals surface area (Å²) in [5.41, 5.74) is 1.04. The number of sulfonamides is 1. The van der Waals surface area contributed by atoms with Gasteiger partial charge >= 0.3 is 0 Å². The van der Waals surface area contributed by atoms with E-state index in [0.29, 0.717) is 11.3 Å². The first-order valence-electron chi connectivity index (χ1n) is 7.98. The molecule has 0 saturated carbocycles. The van der Waals surface area contributed by atoms with Gasteiger partial charge in [0.2, 0.25) is 15.9 Å². The Labute approximate surface area is 161 Å². The molecule has 27 heavy (non-hydrogen) atoms. The van der Waals surface area contributed by atoms with Crippen molar-refractivity contribution in [1.29, 1.82) is 0 Å². The van der Waals surface area contributed by atoms with Crippen LogP contribution in [0.25, 0.3) is 0 Å². The number of anilines is 1. The first kappa shape index (κ1) is 21.3. The highest BCUT2D eigenvalue weighted by atomic mass is 32.2. The highest BCUT2D eigenvalue weighted by Gasteiger charge is 2.21. The smallest absolute Gasteiger partial charge is 0.242 e. The van der Waals surface area contributed by atoms with Crippen molar-refractivity contribution in [1.82, 2.24) is 4.31 Å². The molecular formula is C18H20F2N2O3S2. The Kier molecular flexibility index (Phi) is 6.61. The van der Waals surface area contributed by atoms with Gasteiger partial charge < -0.3 is 5.32 Å². The molecular weight excluding hydrogens is 394 g/mol. The minimum absolute atomic E-state index is 0.0540. The molecule has 2 aromatic rings. The van der Waals surface area contributed by atoms with Crippen molar-refractivity contribution >= 4 is 33.4 Å². The maximum Gasteiger partial charge on any atom is 0.242 e. The summed E-state index contributed by atoms with van der Waals surface area (Å²) in [6, 6.07) is 7.60. The number of carbonyl (C=O) groups excluding carboxylic acids is 1. The average Bonchev–Trinajstić information content (AvgIpc) is 2.58. The van der Waals surface area contributed by atoms with E-state index >= 15 is 0 Å². The second-order valence-corrected chi connectivity index (χ2v) is 9.62. The highest BCUT2D eigenvalue weighted by Crippen LogP contribution is 2.28. The maximum absolute atomic E-state index is 13.8. The highest BCUT2D eigenvalue weighted by molar-refractivity contribution is 8.00. The lowest BCUT2D eigenvalue weighted by atomic mass is 10.2. The van der Waals surface area contributed by atoms with Gasteiger partial charge in [0.25, 0.3) is 0 Å². The van der Waals surface area contributed by atoms with Crippen molar-refractivity contribution in [3.8, 4) is 0 Å². The molecule has 0 fully saturated rings. The van der Waals surface area contributed by atoms with Crippen LogP contribution in [-0.2, 0) is 14.8 Å². The molecule has 5 nitrogen and oxygen atoms in total. The van der Waals surface area contributed by atoms with Gasteiger partial charge in [-0.3, -0.25) is 4.79 Å². The van der Waals surface area contributed by atoms with E-state index in [4.69, 9.17) is 0 Å². The van der Waals surface area contributed by atoms with Crippen LogP contribution >= 0.6 is 11.8 Å². The van der Waals surface area contributed by atoms with Crippen LogP contribution in [0.2, 0.25) is 0 Å². The molecule has 1 atom stereocenters. The van der Waals surface area contributed by atoms with Gasteiger partial charge in [-0.05, 0) is 43.7 Å². The lowest BCUT2D eigenvalue weighted by Gasteiger charge is -2.16. The minimum Gasteiger partial charge on any atom is -0.325 e. The summed E-state index contributed by atoms with van der Waals surface area (Å²) in [4.78, 5) is 12.7. The van der Waals surface area contributed by atoms with Gasteiger partial charge in [0, 0.05) is 30.7 Å². The molecule has 146 valence electrons. The standard InChI is InChI=1S/C18H20F2N2O3S2/c1-11-5-7-14(27(24,25)22(3)4)10-16(11)21-18(23)12(2)26-17-8-6-13(19)9-15(17)20/h5-10,12H,1-4H3,(H,21,23). The van der Waals surface area contributed by atoms with Crippen LogP contribution in [-0.4, -0.2) is 38.0 Å². The molecule has 1 amide bonds. The molecule has 2 aromatic carbocycles. The number of carbonyl (C=O) groups is 1. The predicted octanol–water partition coefficient (Wildman–Crippen LogP) is 3.64. The Hall–Kier alpha value is -1.97. The molecule has 0 spiro atoms. The first-order valence-corrected chi connectivity index (χ1v) is 10.3. The Morgan fingerprint density at radius 1 is 1.15 bits per heavy atom. The van der Waals surface area contributed by atoms with Gasteiger partial charge in [0.05, 0.1) is 10.1 Å². The van der Waals surface area contributed by atoms with Crippen LogP contribution in [0.3, 0.4) is 0 Å². The Morgan fingerprint density at radius 2 is 1.81 bits per heavy atom. The minimum atomic E-state index is -3.64. The second kappa shape index (κ2) is 8.37. The quantitative estimate of drug-likeness (QED) is 0.733. The maximum atomic E-state index is 13.8. The van der Waals surface area contributed by atoms with Crippen LogP contribution in [0.5, 0.6) is 0 Å². The Morgan fingerprint density at radius 3 is 2.41 bits per heavy atom. The average molecular weight is 414 g/mol. The summed E-state index contributed by atoms with van der Waals surface area (Å²) in [6.07, 6.45) is 0. The second-order valence-electron chi connectivity index (χ2n) is 6.09. The van der Waals surface area contributed by atoms with E-state index in [1.54, 1.807) is 19.9 Å². The summed E-state index contributed by atoms with van der Waals surface area (Å²) in [7, 11) is -0.799. The molecule has 1 unspecified atom stereocenters. The number of thioether (sulfide) groups is 1. The van der Waals surface area contributed by atoms with Crippen LogP contribution in [0.15, 0.2) is 46.2 Å². The van der Waals surface area contributed by atoms with Gasteiger partial charge in [0.1, 0.15) is 11.6 Å². The molecule has 2 rings (SSSR count). The molecule has 0 aliphatic carbocycles. The number of amides is 1. The van der Waals surface area contributed by atoms with Crippen molar-refractivity contribution < 1.29 is 22.0 Å². The van der Waals surface area contributed by atoms with Crippen LogP contribution in [0, 0.1) is 18.6 Å². The molecule has 0 heterocycles. The summed E-state index contributed by atoms with van der Waals surface area (Å²) in [5, 5.41) is 1.99. The van der Waals surface area contributed by atoms with E-state index in [0.717, 1.165) is 28.2 Å². The molecule has 9 heteroatoms. The lowest BCUT2D eigenvalue weighted by molar-refractivity contribution is -0.115. The summed E-state index contributed by atoms with van der Waals surface area (Å²) < 4.78 is 52.3. The monoisotopic (exact) mass is 414 g/mol. The molecule has 0 radical (unpaired) electrons. The fourth-order valence-corrected chi connectivity index (χ4v) is 3.95. The van der Waals surface area contributed by atoms with Gasteiger partial charge in [-0.25, -0.2) is 21.5 Å². The third kappa shape index (κ3) is 5.06. The van der Waals surface area contributed by atoms with Crippen molar-refractivity contribution in [3.63, 3.8) is 0 Å². The summed E-state index contributed by atoms with van der Waals surface area (Å²) in [6.45, 7) is 3.32. The Balaban J connectivity index is 2.19. The van der Waals surface area contributed by atoms with Crippen molar-refractivity contribution in [2.24, 2.45) is 0 Å². The number of aryl methyl sites for hydroxylation is 1. The zero-order valence-electron chi connectivity index (χ0n) is 15.3. The van der Waals surface area contributed by atoms with Crippen molar-refractivity contribution in [3.05, 3.63) is 53.6 Å². The molecule has 0 aliphatic heterocycles. The fourth-order valence-electron chi connectivity index (χ4n) is 2.16. The largest absolute Gasteiger partial charge is 0.325 e. The van der Waals surface area contributed by atoms with Crippen molar-refractivity contribution in [2.45, 2.75) is 28.9 Å². The molecule has 0 saturated heterocycles. The van der Waals surface area contributed by atoms with Gasteiger partial charge in [-0.15, -0.1) is 11.8 Å². The van der Waals surface area contributed by atoms with E-state index in [1.165, 1.54) is 32.3 Å². The zero-order valence-corrected chi connectivity index (χ0v) is 16.9. The SMILES string of the molecule is Cc1ccc(S(=O)(=O)N(C)C)cc1NC(=O)C(C)Sc1ccc(F)cc1F. The van der Waals surface area contributed by atoms with Crippen LogP contribution in [0.4, 0.5) is 14.5 Å². The van der Waals surface area contributed by atoms with Crippen molar-refractivity contribution in [2.75, 3.05) is 19.4 Å². The number of hydrogen-bond acceptors (Lipinski definition) is 4. The van der Waals surface area contributed by atoms with Gasteiger partial charge in [-0.2, -0.15) is 0 Å². The number of nitrogens with zero attached hydrogens (tertiary/aromatic N) is 1. The number of hydrogen-bond donors (Lipinski definition) is 1. The number of nitrogens with one attached hydrogen (secondary N) is 1. The van der Waals surface area contributed by atoms with E-state index < -0.39 is 32.8 Å². The molecule has 0 aromatic heterocycles. The normalized spacial score (nSPS) is 12.9. The first-order chi connectivity index (χ1) is 12.5. The topological polar surface area (TPSA) is 66.5 Å². The third-order valence-corrected chi connectivity index (χ3v) is 6.78. The predicted molar refractivity (Wildman–Crippen MR) is 102 cm³/mol. The van der Waals surface area contributed by atoms with E-state index in [1.807, 2.05) is 0 Å². The van der Waals surface area contributed by atoms with Crippen LogP contribution in [0.1, 0.15) is 12.5 Å².